The summed E-state index contributed by atoms with van der Waals surface area (Å²) in [6.45, 7) is 3.57. The molecule has 0 spiro atoms. The van der Waals surface area contributed by atoms with Crippen LogP contribution in [0.15, 0.2) is 0 Å². The van der Waals surface area contributed by atoms with E-state index in [2.05, 4.69) is 15.9 Å². The van der Waals surface area contributed by atoms with Gasteiger partial charge in [-0.05, 0) is 26.7 Å². The maximum absolute atomic E-state index is 12.5. The van der Waals surface area contributed by atoms with E-state index in [0.29, 0.717) is 11.9 Å². The lowest BCUT2D eigenvalue weighted by Gasteiger charge is -2.34. The average molecular weight is 340 g/mol. The van der Waals surface area contributed by atoms with E-state index < -0.39 is 14.6 Å². The van der Waals surface area contributed by atoms with Crippen LogP contribution in [-0.4, -0.2) is 48.1 Å². The van der Waals surface area contributed by atoms with E-state index in [9.17, 15) is 13.2 Å². The van der Waals surface area contributed by atoms with Crippen molar-refractivity contribution in [3.05, 3.63) is 0 Å². The molecular weight excluding hydrogens is 318 g/mol. The van der Waals surface area contributed by atoms with Gasteiger partial charge in [-0.2, -0.15) is 0 Å². The highest BCUT2D eigenvalue weighted by molar-refractivity contribution is 9.09. The molecule has 4 nitrogen and oxygen atoms in total. The lowest BCUT2D eigenvalue weighted by molar-refractivity contribution is -0.135. The third-order valence-corrected chi connectivity index (χ3v) is 6.18. The highest BCUT2D eigenvalue weighted by Gasteiger charge is 2.43. The predicted molar refractivity (Wildman–Crippen MR) is 76.7 cm³/mol. The maximum Gasteiger partial charge on any atom is 0.243 e. The molecule has 0 aliphatic heterocycles. The Kier molecular flexibility index (Phi) is 5.23. The average Bonchev–Trinajstić information content (AvgIpc) is 2.76. The minimum atomic E-state index is -3.40. The fraction of sp³-hybridized carbons (Fsp3) is 0.917. The number of amides is 1. The number of sulfone groups is 1. The first-order chi connectivity index (χ1) is 8.21. The van der Waals surface area contributed by atoms with Crippen molar-refractivity contribution in [3.63, 3.8) is 0 Å². The van der Waals surface area contributed by atoms with Crippen LogP contribution in [0, 0.1) is 0 Å². The van der Waals surface area contributed by atoms with Crippen molar-refractivity contribution in [2.75, 3.05) is 18.1 Å². The molecule has 0 atom stereocenters. The van der Waals surface area contributed by atoms with Gasteiger partial charge >= 0.3 is 0 Å². The van der Waals surface area contributed by atoms with Crippen LogP contribution in [0.4, 0.5) is 0 Å². The molecule has 1 aliphatic rings. The summed E-state index contributed by atoms with van der Waals surface area (Å²) in [7, 11) is -3.40. The first-order valence-corrected chi connectivity index (χ1v) is 9.29. The molecule has 0 aromatic rings. The monoisotopic (exact) mass is 339 g/mol. The largest absolute Gasteiger partial charge is 0.338 e. The zero-order chi connectivity index (χ0) is 14.0. The number of hydrogen-bond donors (Lipinski definition) is 0. The Labute approximate surface area is 118 Å². The van der Waals surface area contributed by atoms with Crippen LogP contribution in [0.25, 0.3) is 0 Å². The Balaban J connectivity index is 2.95. The van der Waals surface area contributed by atoms with Crippen molar-refractivity contribution in [3.8, 4) is 0 Å². The van der Waals surface area contributed by atoms with E-state index in [1.54, 1.807) is 4.90 Å². The summed E-state index contributed by atoms with van der Waals surface area (Å²) in [5.74, 6) is -0.267. The first kappa shape index (κ1) is 16.0. The minimum Gasteiger partial charge on any atom is -0.338 e. The fourth-order valence-electron chi connectivity index (χ4n) is 2.26. The molecule has 0 saturated heterocycles. The second kappa shape index (κ2) is 5.90. The van der Waals surface area contributed by atoms with E-state index in [-0.39, 0.29) is 11.9 Å². The number of alkyl halides is 1. The minimum absolute atomic E-state index is 0.205. The second-order valence-electron chi connectivity index (χ2n) is 5.41. The fourth-order valence-corrected chi connectivity index (χ4v) is 3.08. The summed E-state index contributed by atoms with van der Waals surface area (Å²) < 4.78 is 22.2. The van der Waals surface area contributed by atoms with Gasteiger partial charge in [-0.1, -0.05) is 28.8 Å². The smallest absolute Gasteiger partial charge is 0.243 e. The number of nitrogens with zero attached hydrogens (tertiary/aromatic N) is 1. The van der Waals surface area contributed by atoms with Gasteiger partial charge in [0, 0.05) is 24.2 Å². The number of carbonyl (C=O) groups excluding carboxylic acids is 1. The normalized spacial score (nSPS) is 18.0. The van der Waals surface area contributed by atoms with Crippen LogP contribution in [0.2, 0.25) is 0 Å². The van der Waals surface area contributed by atoms with Crippen molar-refractivity contribution >= 4 is 31.7 Å². The van der Waals surface area contributed by atoms with E-state index in [1.807, 2.05) is 0 Å². The van der Waals surface area contributed by atoms with E-state index in [0.717, 1.165) is 31.9 Å². The van der Waals surface area contributed by atoms with Gasteiger partial charge in [-0.3, -0.25) is 4.79 Å². The summed E-state index contributed by atoms with van der Waals surface area (Å²) >= 11 is 3.34. The van der Waals surface area contributed by atoms with Crippen LogP contribution in [0.5, 0.6) is 0 Å². The molecule has 1 saturated carbocycles. The van der Waals surface area contributed by atoms with Crippen LogP contribution >= 0.6 is 15.9 Å². The van der Waals surface area contributed by atoms with Crippen LogP contribution in [0.1, 0.15) is 39.5 Å². The molecule has 1 fully saturated rings. The predicted octanol–water partition coefficient (Wildman–Crippen LogP) is 1.98. The van der Waals surface area contributed by atoms with Crippen molar-refractivity contribution in [2.24, 2.45) is 0 Å². The second-order valence-corrected chi connectivity index (χ2v) is 8.77. The Morgan fingerprint density at radius 3 is 2.22 bits per heavy atom. The number of hydrogen-bond acceptors (Lipinski definition) is 3. The topological polar surface area (TPSA) is 54.5 Å². The number of carbonyl (C=O) groups is 1. The molecule has 0 radical (unpaired) electrons. The van der Waals surface area contributed by atoms with Gasteiger partial charge in [0.05, 0.1) is 0 Å². The molecular formula is C12H22BrNO3S. The highest BCUT2D eigenvalue weighted by atomic mass is 79.9. The Morgan fingerprint density at radius 1 is 1.33 bits per heavy atom. The van der Waals surface area contributed by atoms with E-state index >= 15 is 0 Å². The first-order valence-electron chi connectivity index (χ1n) is 6.28. The maximum atomic E-state index is 12.5. The molecule has 18 heavy (non-hydrogen) atoms. The zero-order valence-corrected chi connectivity index (χ0v) is 13.7. The summed E-state index contributed by atoms with van der Waals surface area (Å²) in [6.07, 6.45) is 5.34. The quantitative estimate of drug-likeness (QED) is 0.719. The molecule has 1 aliphatic carbocycles. The molecule has 6 heteroatoms. The van der Waals surface area contributed by atoms with Crippen LogP contribution in [-0.2, 0) is 14.6 Å². The molecule has 0 unspecified atom stereocenters. The van der Waals surface area contributed by atoms with Crippen molar-refractivity contribution < 1.29 is 13.2 Å². The summed E-state index contributed by atoms with van der Waals surface area (Å²) in [4.78, 5) is 14.3. The molecule has 0 N–H and O–H groups in total. The zero-order valence-electron chi connectivity index (χ0n) is 11.3. The molecule has 0 aromatic carbocycles. The molecule has 1 amide bonds. The number of halogens is 1. The van der Waals surface area contributed by atoms with E-state index in [4.69, 9.17) is 0 Å². The molecule has 0 aromatic heterocycles. The third-order valence-electron chi connectivity index (χ3n) is 3.79. The van der Waals surface area contributed by atoms with Gasteiger partial charge in [-0.15, -0.1) is 0 Å². The number of rotatable bonds is 5. The van der Waals surface area contributed by atoms with Crippen LogP contribution < -0.4 is 0 Å². The van der Waals surface area contributed by atoms with E-state index in [1.165, 1.54) is 13.8 Å². The van der Waals surface area contributed by atoms with Gasteiger partial charge < -0.3 is 4.90 Å². The van der Waals surface area contributed by atoms with Crippen molar-refractivity contribution in [1.29, 1.82) is 0 Å². The van der Waals surface area contributed by atoms with Crippen molar-refractivity contribution in [1.82, 2.24) is 4.90 Å². The molecule has 0 heterocycles. The third kappa shape index (κ3) is 3.26. The molecule has 1 rings (SSSR count). The van der Waals surface area contributed by atoms with Gasteiger partial charge in [0.1, 0.15) is 4.75 Å². The van der Waals surface area contributed by atoms with Gasteiger partial charge in [0.25, 0.3) is 0 Å². The molecule has 0 bridgehead atoms. The van der Waals surface area contributed by atoms with Crippen LogP contribution in [0.3, 0.4) is 0 Å². The Hall–Kier alpha value is -0.100. The highest BCUT2D eigenvalue weighted by Crippen LogP contribution is 2.27. The standard InChI is InChI=1S/C12H22BrNO3S/c1-12(2,18(3,16)17)11(15)14(9-8-13)10-6-4-5-7-10/h10H,4-9H2,1-3H3. The molecule has 106 valence electrons. The SMILES string of the molecule is CC(C)(C(=O)N(CCBr)C1CCCC1)S(C)(=O)=O. The van der Waals surface area contributed by atoms with Gasteiger partial charge in [0.15, 0.2) is 9.84 Å². The summed E-state index contributed by atoms with van der Waals surface area (Å²) in [5, 5.41) is 0.676. The lowest BCUT2D eigenvalue weighted by Crippen LogP contribution is -2.53. The lowest BCUT2D eigenvalue weighted by atomic mass is 10.1. The van der Waals surface area contributed by atoms with Gasteiger partial charge in [0.2, 0.25) is 5.91 Å². The van der Waals surface area contributed by atoms with Crippen molar-refractivity contribution in [2.45, 2.75) is 50.3 Å². The summed E-state index contributed by atoms with van der Waals surface area (Å²) in [5.41, 5.74) is 0. The Morgan fingerprint density at radius 2 is 1.83 bits per heavy atom. The summed E-state index contributed by atoms with van der Waals surface area (Å²) in [6, 6.07) is 0.205. The van der Waals surface area contributed by atoms with Gasteiger partial charge in [-0.25, -0.2) is 8.42 Å². The Bertz CT molecular complexity index is 400.